The lowest BCUT2D eigenvalue weighted by Crippen LogP contribution is -2.50. The third-order valence-corrected chi connectivity index (χ3v) is 7.90. The molecule has 2 aromatic carbocycles. The van der Waals surface area contributed by atoms with Crippen LogP contribution in [0.2, 0.25) is 0 Å². The number of phenols is 1. The van der Waals surface area contributed by atoms with Gasteiger partial charge in [-0.2, -0.15) is 0 Å². The lowest BCUT2D eigenvalue weighted by Gasteiger charge is -2.35. The number of aromatic amines is 3. The number of guanidine groups is 1. The largest absolute Gasteiger partial charge is 0.506 e. The first-order valence-electron chi connectivity index (χ1n) is 11.2. The summed E-state index contributed by atoms with van der Waals surface area (Å²) in [6, 6.07) is 9.46. The van der Waals surface area contributed by atoms with Crippen LogP contribution in [-0.4, -0.2) is 37.5 Å². The van der Waals surface area contributed by atoms with Crippen LogP contribution in [0.5, 0.6) is 5.75 Å². The summed E-state index contributed by atoms with van der Waals surface area (Å²) < 4.78 is 0.940. The third-order valence-electron chi connectivity index (χ3n) is 7.41. The van der Waals surface area contributed by atoms with Gasteiger partial charge in [0.25, 0.3) is 5.56 Å². The highest BCUT2D eigenvalue weighted by Gasteiger charge is 2.48. The average molecular weight is 530 g/mol. The molecule has 35 heavy (non-hydrogen) atoms. The minimum absolute atomic E-state index is 0.128. The molecule has 1 aliphatic carbocycles. The molecule has 5 aromatic rings. The Morgan fingerprint density at radius 2 is 2.00 bits per heavy atom. The van der Waals surface area contributed by atoms with Crippen LogP contribution in [0.15, 0.2) is 57.0 Å². The average Bonchev–Trinajstić information content (AvgIpc) is 3.55. The SMILES string of the molecule is C[C@@H]1c2ccc(O)c3[nH]cc(c23)-c2[nH]c(=O)c(-c3c[nH]c4cc(Br)ccc34)nc2[C@@]12CN=C(N)N2. The Morgan fingerprint density at radius 3 is 2.80 bits per heavy atom. The fourth-order valence-electron chi connectivity index (χ4n) is 5.63. The molecule has 0 bridgehead atoms. The van der Waals surface area contributed by atoms with Crippen LogP contribution in [0.1, 0.15) is 24.1 Å². The number of halogens is 1. The maximum atomic E-state index is 13.5. The maximum absolute atomic E-state index is 13.5. The van der Waals surface area contributed by atoms with Gasteiger partial charge in [0.2, 0.25) is 0 Å². The van der Waals surface area contributed by atoms with Crippen molar-refractivity contribution in [3.8, 4) is 28.3 Å². The van der Waals surface area contributed by atoms with Crippen LogP contribution >= 0.6 is 15.9 Å². The molecule has 174 valence electrons. The van der Waals surface area contributed by atoms with Gasteiger partial charge < -0.3 is 31.1 Å². The Kier molecular flexibility index (Phi) is 3.93. The van der Waals surface area contributed by atoms with Gasteiger partial charge in [-0.1, -0.05) is 35.0 Å². The number of hydrogen-bond donors (Lipinski definition) is 6. The smallest absolute Gasteiger partial charge is 0.275 e. The molecule has 0 fully saturated rings. The van der Waals surface area contributed by atoms with Crippen molar-refractivity contribution < 1.29 is 5.11 Å². The second kappa shape index (κ2) is 6.76. The zero-order valence-corrected chi connectivity index (χ0v) is 20.1. The molecule has 0 saturated carbocycles. The Morgan fingerprint density at radius 1 is 1.17 bits per heavy atom. The van der Waals surface area contributed by atoms with E-state index in [0.29, 0.717) is 40.7 Å². The van der Waals surface area contributed by atoms with Gasteiger partial charge in [-0.25, -0.2) is 4.98 Å². The highest BCUT2D eigenvalue weighted by molar-refractivity contribution is 9.10. The van der Waals surface area contributed by atoms with Crippen molar-refractivity contribution in [1.29, 1.82) is 0 Å². The van der Waals surface area contributed by atoms with Crippen molar-refractivity contribution in [2.24, 2.45) is 10.7 Å². The molecule has 0 saturated heterocycles. The van der Waals surface area contributed by atoms with Crippen molar-refractivity contribution in [1.82, 2.24) is 25.3 Å². The summed E-state index contributed by atoms with van der Waals surface area (Å²) in [5.74, 6) is 0.348. The molecule has 9 nitrogen and oxygen atoms in total. The summed E-state index contributed by atoms with van der Waals surface area (Å²) in [4.78, 5) is 32.6. The van der Waals surface area contributed by atoms with Gasteiger partial charge in [-0.05, 0) is 23.8 Å². The molecule has 10 heteroatoms. The molecular weight excluding hydrogens is 510 g/mol. The number of aromatic nitrogens is 4. The van der Waals surface area contributed by atoms with E-state index >= 15 is 0 Å². The maximum Gasteiger partial charge on any atom is 0.275 e. The number of rotatable bonds is 1. The molecule has 0 amide bonds. The Balaban J connectivity index is 1.57. The monoisotopic (exact) mass is 529 g/mol. The molecule has 1 spiro atoms. The zero-order chi connectivity index (χ0) is 24.1. The molecule has 2 aliphatic rings. The Hall–Kier alpha value is -4.05. The van der Waals surface area contributed by atoms with E-state index < -0.39 is 5.54 Å². The molecule has 2 atom stereocenters. The van der Waals surface area contributed by atoms with Gasteiger partial charge in [0.15, 0.2) is 5.96 Å². The predicted octanol–water partition coefficient (Wildman–Crippen LogP) is 3.76. The number of H-pyrrole nitrogens is 3. The minimum atomic E-state index is -0.774. The molecule has 0 unspecified atom stereocenters. The molecule has 0 radical (unpaired) electrons. The topological polar surface area (TPSA) is 148 Å². The van der Waals surface area contributed by atoms with E-state index in [0.717, 1.165) is 31.9 Å². The van der Waals surface area contributed by atoms with Crippen molar-refractivity contribution in [3.63, 3.8) is 0 Å². The standard InChI is InChI=1S/C25H20BrN7O2/c1-10-12-4-5-17(34)21-18(12)15(8-29-21)19-22(25(10)9-30-24(27)33-25)31-20(23(35)32-19)14-7-28-16-6-11(26)2-3-13(14)16/h2-8,10,28-29,34H,9H2,1H3,(H,32,35)(H3,27,30,33)/t10-,25-/m1/s1. The summed E-state index contributed by atoms with van der Waals surface area (Å²) in [5.41, 5.74) is 10.6. The minimum Gasteiger partial charge on any atom is -0.506 e. The Labute approximate surface area is 206 Å². The van der Waals surface area contributed by atoms with Crippen LogP contribution in [0.25, 0.3) is 44.3 Å². The molecular formula is C25H20BrN7O2. The van der Waals surface area contributed by atoms with Crippen molar-refractivity contribution >= 4 is 43.7 Å². The van der Waals surface area contributed by atoms with E-state index in [1.807, 2.05) is 30.5 Å². The number of phenolic OH excluding ortho intramolecular Hbond substituents is 1. The van der Waals surface area contributed by atoms with E-state index in [1.54, 1.807) is 12.3 Å². The number of hydrogen-bond acceptors (Lipinski definition) is 6. The van der Waals surface area contributed by atoms with Crippen LogP contribution in [-0.2, 0) is 5.54 Å². The van der Waals surface area contributed by atoms with Gasteiger partial charge in [-0.3, -0.25) is 9.79 Å². The highest BCUT2D eigenvalue weighted by Crippen LogP contribution is 2.50. The first kappa shape index (κ1) is 20.3. The van der Waals surface area contributed by atoms with Crippen LogP contribution in [0, 0.1) is 0 Å². The van der Waals surface area contributed by atoms with Crippen molar-refractivity contribution in [3.05, 3.63) is 68.8 Å². The first-order chi connectivity index (χ1) is 16.9. The third kappa shape index (κ3) is 2.60. The van der Waals surface area contributed by atoms with E-state index in [4.69, 9.17) is 10.7 Å². The lowest BCUT2D eigenvalue weighted by atomic mass is 9.78. The number of benzene rings is 2. The van der Waals surface area contributed by atoms with Gasteiger partial charge in [0.1, 0.15) is 17.0 Å². The van der Waals surface area contributed by atoms with Crippen molar-refractivity contribution in [2.45, 2.75) is 18.4 Å². The fourth-order valence-corrected chi connectivity index (χ4v) is 5.99. The second-order valence-electron chi connectivity index (χ2n) is 9.18. The summed E-state index contributed by atoms with van der Waals surface area (Å²) in [5, 5.41) is 15.7. The summed E-state index contributed by atoms with van der Waals surface area (Å²) in [7, 11) is 0. The van der Waals surface area contributed by atoms with E-state index in [9.17, 15) is 9.90 Å². The number of aromatic hydroxyl groups is 1. The summed E-state index contributed by atoms with van der Waals surface area (Å²) in [6.07, 6.45) is 3.61. The molecule has 7 N–H and O–H groups in total. The highest BCUT2D eigenvalue weighted by atomic mass is 79.9. The first-order valence-corrected chi connectivity index (χ1v) is 12.0. The quantitative estimate of drug-likeness (QED) is 0.195. The Bertz CT molecular complexity index is 1800. The number of nitrogens with two attached hydrogens (primary N) is 1. The van der Waals surface area contributed by atoms with Crippen LogP contribution in [0.3, 0.4) is 0 Å². The number of nitrogens with one attached hydrogen (secondary N) is 4. The normalized spacial score (nSPS) is 20.7. The number of aliphatic imine (C=N–C) groups is 1. The van der Waals surface area contributed by atoms with Crippen molar-refractivity contribution in [2.75, 3.05) is 6.54 Å². The molecule has 7 rings (SSSR count). The summed E-state index contributed by atoms with van der Waals surface area (Å²) in [6.45, 7) is 2.46. The fraction of sp³-hybridized carbons (Fsp3) is 0.160. The van der Waals surface area contributed by atoms with E-state index in [1.165, 1.54) is 0 Å². The predicted molar refractivity (Wildman–Crippen MR) is 139 cm³/mol. The van der Waals surface area contributed by atoms with Gasteiger partial charge in [0.05, 0.1) is 23.4 Å². The molecule has 1 aliphatic heterocycles. The van der Waals surface area contributed by atoms with Gasteiger partial charge in [0, 0.05) is 50.2 Å². The zero-order valence-electron chi connectivity index (χ0n) is 18.5. The van der Waals surface area contributed by atoms with E-state index in [2.05, 4.69) is 48.1 Å². The second-order valence-corrected chi connectivity index (χ2v) is 10.1. The summed E-state index contributed by atoms with van der Waals surface area (Å²) >= 11 is 3.50. The number of fused-ring (bicyclic) bond motifs is 4. The molecule has 3 aromatic heterocycles. The van der Waals surface area contributed by atoms with Gasteiger partial charge in [-0.15, -0.1) is 0 Å². The lowest BCUT2D eigenvalue weighted by molar-refractivity contribution is 0.353. The van der Waals surface area contributed by atoms with E-state index in [-0.39, 0.29) is 17.2 Å². The van der Waals surface area contributed by atoms with Crippen LogP contribution in [0.4, 0.5) is 0 Å². The van der Waals surface area contributed by atoms with Gasteiger partial charge >= 0.3 is 0 Å². The molecule has 4 heterocycles. The number of nitrogens with zero attached hydrogens (tertiary/aromatic N) is 2. The van der Waals surface area contributed by atoms with Crippen LogP contribution < -0.4 is 16.6 Å².